The van der Waals surface area contributed by atoms with Crippen molar-refractivity contribution in [3.63, 3.8) is 0 Å². The van der Waals surface area contributed by atoms with Gasteiger partial charge in [0, 0.05) is 49.3 Å². The van der Waals surface area contributed by atoms with E-state index in [0.29, 0.717) is 27.6 Å². The van der Waals surface area contributed by atoms with Crippen molar-refractivity contribution >= 4 is 44.2 Å². The second kappa shape index (κ2) is 13.8. The van der Waals surface area contributed by atoms with Crippen LogP contribution in [0.25, 0.3) is 33.4 Å². The highest BCUT2D eigenvalue weighted by atomic mass is 32.2. The minimum Gasteiger partial charge on any atom is -0.455 e. The Kier molecular flexibility index (Phi) is 9.79. The van der Waals surface area contributed by atoms with Gasteiger partial charge in [-0.05, 0) is 60.2 Å². The molecule has 0 spiro atoms. The summed E-state index contributed by atoms with van der Waals surface area (Å²) in [5, 5.41) is 7.85. The number of rotatable bonds is 11. The summed E-state index contributed by atoms with van der Waals surface area (Å²) in [4.78, 5) is 27.0. The minimum absolute atomic E-state index is 0.0458. The average Bonchev–Trinajstić information content (AvgIpc) is 3.45. The highest BCUT2D eigenvalue weighted by Crippen LogP contribution is 2.42. The Bertz CT molecular complexity index is 2130. The Morgan fingerprint density at radius 2 is 1.62 bits per heavy atom. The van der Waals surface area contributed by atoms with Gasteiger partial charge < -0.3 is 14.5 Å². The second-order valence-electron chi connectivity index (χ2n) is 11.0. The first-order valence-electron chi connectivity index (χ1n) is 14.5. The van der Waals surface area contributed by atoms with Gasteiger partial charge in [0.1, 0.15) is 46.9 Å². The molecule has 1 unspecified atom stereocenters. The third kappa shape index (κ3) is 6.86. The molecule has 48 heavy (non-hydrogen) atoms. The molecular weight excluding hydrogens is 644 g/mol. The highest BCUT2D eigenvalue weighted by molar-refractivity contribution is 7.92. The quantitative estimate of drug-likeness (QED) is 0.156. The van der Waals surface area contributed by atoms with Crippen molar-refractivity contribution in [1.82, 2.24) is 5.32 Å². The first kappa shape index (κ1) is 34.0. The van der Waals surface area contributed by atoms with Crippen LogP contribution in [0.1, 0.15) is 32.3 Å². The number of furan rings is 1. The number of amides is 2. The predicted octanol–water partition coefficient (Wildman–Crippen LogP) is 5.55. The molecule has 248 valence electrons. The molecule has 0 aliphatic heterocycles. The first-order valence-corrected chi connectivity index (χ1v) is 16.4. The zero-order chi connectivity index (χ0) is 34.7. The number of methoxy groups -OCH3 is 1. The SMILES string of the molecule is CNC(=O)c1c(-c2ccc(F)cc2)oc2cc(N(C)S(C)(=O)=O)c(-c3ccc(N=N)c(C(=O)[NH2+]C(COC)c4ccc(F)cc4)c3)cc12. The fourth-order valence-corrected chi connectivity index (χ4v) is 5.87. The van der Waals surface area contributed by atoms with Crippen LogP contribution in [0.15, 0.2) is 88.4 Å². The van der Waals surface area contributed by atoms with E-state index in [2.05, 4.69) is 10.4 Å². The van der Waals surface area contributed by atoms with Crippen LogP contribution in [-0.2, 0) is 14.8 Å². The standard InChI is InChI=1S/C34H31F2N5O6S/c1-38-34(43)31-26-16-24(29(41(2)48(4,44)45)17-30(26)47-32(31)20-7-12-23(36)13-8-20)21-9-14-27(40-37)25(15-21)33(42)39-28(18-46-3)19-5-10-22(35)11-6-19/h5-17,28,37H,18H2,1-4H3,(H,38,43)(H,39,42)/p+1. The Morgan fingerprint density at radius 1 is 1.00 bits per heavy atom. The maximum absolute atomic E-state index is 13.8. The lowest BCUT2D eigenvalue weighted by molar-refractivity contribution is -0.604. The molecule has 1 heterocycles. The lowest BCUT2D eigenvalue weighted by atomic mass is 9.96. The van der Waals surface area contributed by atoms with E-state index in [1.54, 1.807) is 24.3 Å². The molecule has 4 N–H and O–H groups in total. The van der Waals surface area contributed by atoms with Gasteiger partial charge in [0.05, 0.1) is 17.5 Å². The van der Waals surface area contributed by atoms with Gasteiger partial charge in [-0.3, -0.25) is 14.4 Å². The van der Waals surface area contributed by atoms with Crippen LogP contribution in [0.3, 0.4) is 0 Å². The number of carbonyl (C=O) groups is 2. The summed E-state index contributed by atoms with van der Waals surface area (Å²) in [6.45, 7) is 0.115. The van der Waals surface area contributed by atoms with E-state index in [4.69, 9.17) is 14.7 Å². The molecule has 0 fully saturated rings. The van der Waals surface area contributed by atoms with Gasteiger partial charge in [-0.25, -0.2) is 27.5 Å². The van der Waals surface area contributed by atoms with Crippen molar-refractivity contribution in [1.29, 1.82) is 5.53 Å². The van der Waals surface area contributed by atoms with Crippen LogP contribution in [0.2, 0.25) is 0 Å². The van der Waals surface area contributed by atoms with E-state index in [0.717, 1.165) is 10.6 Å². The number of hydrogen-bond donors (Lipinski definition) is 3. The molecule has 5 rings (SSSR count). The average molecular weight is 677 g/mol. The van der Waals surface area contributed by atoms with Crippen molar-refractivity contribution < 1.29 is 41.3 Å². The normalized spacial score (nSPS) is 12.1. The van der Waals surface area contributed by atoms with Crippen molar-refractivity contribution in [3.05, 3.63) is 107 Å². The van der Waals surface area contributed by atoms with Crippen LogP contribution < -0.4 is 14.9 Å². The lowest BCUT2D eigenvalue weighted by Gasteiger charge is -2.21. The van der Waals surface area contributed by atoms with Crippen LogP contribution in [-0.4, -0.2) is 54.3 Å². The number of benzene rings is 4. The zero-order valence-corrected chi connectivity index (χ0v) is 27.2. The fraction of sp³-hybridized carbons (Fsp3) is 0.176. The van der Waals surface area contributed by atoms with E-state index in [9.17, 15) is 26.8 Å². The molecule has 5 aromatic rings. The highest BCUT2D eigenvalue weighted by Gasteiger charge is 2.28. The molecule has 4 aromatic carbocycles. The third-order valence-corrected chi connectivity index (χ3v) is 9.09. The molecule has 0 radical (unpaired) electrons. The molecule has 0 saturated heterocycles. The van der Waals surface area contributed by atoms with Crippen LogP contribution in [0.4, 0.5) is 20.2 Å². The first-order chi connectivity index (χ1) is 22.9. The fourth-order valence-electron chi connectivity index (χ4n) is 5.36. The number of anilines is 1. The van der Waals surface area contributed by atoms with Gasteiger partial charge in [0.15, 0.2) is 0 Å². The Labute approximate surface area is 275 Å². The molecule has 0 saturated carbocycles. The van der Waals surface area contributed by atoms with Gasteiger partial charge in [-0.1, -0.05) is 18.2 Å². The summed E-state index contributed by atoms with van der Waals surface area (Å²) in [5.41, 5.74) is 10.1. The van der Waals surface area contributed by atoms with Gasteiger partial charge in [-0.15, -0.1) is 0 Å². The number of nitrogens with one attached hydrogen (secondary N) is 2. The number of nitrogens with two attached hydrogens (primary N) is 1. The summed E-state index contributed by atoms with van der Waals surface area (Å²) in [6, 6.07) is 18.1. The number of sulfonamides is 1. The maximum atomic E-state index is 13.8. The molecule has 1 aromatic heterocycles. The van der Waals surface area contributed by atoms with Crippen LogP contribution in [0.5, 0.6) is 0 Å². The number of primary amides is 1. The molecule has 11 nitrogen and oxygen atoms in total. The van der Waals surface area contributed by atoms with E-state index in [-0.39, 0.29) is 40.5 Å². The molecule has 1 atom stereocenters. The zero-order valence-electron chi connectivity index (χ0n) is 26.4. The van der Waals surface area contributed by atoms with Crippen LogP contribution >= 0.6 is 0 Å². The molecule has 0 aliphatic carbocycles. The van der Waals surface area contributed by atoms with Crippen molar-refractivity contribution in [2.75, 3.05) is 38.4 Å². The van der Waals surface area contributed by atoms with Crippen LogP contribution in [0, 0.1) is 17.2 Å². The van der Waals surface area contributed by atoms with Gasteiger partial charge in [-0.2, -0.15) is 5.11 Å². The lowest BCUT2D eigenvalue weighted by Crippen LogP contribution is -2.89. The molecular formula is C34H32F2N5O6S+. The van der Waals surface area contributed by atoms with Crippen molar-refractivity contribution in [2.45, 2.75) is 6.04 Å². The summed E-state index contributed by atoms with van der Waals surface area (Å²) >= 11 is 0. The number of carbonyl (C=O) groups excluding carboxylic acids is 2. The summed E-state index contributed by atoms with van der Waals surface area (Å²) in [5.74, 6) is -1.76. The summed E-state index contributed by atoms with van der Waals surface area (Å²) in [7, 11) is 0.453. The largest absolute Gasteiger partial charge is 0.455 e. The monoisotopic (exact) mass is 676 g/mol. The third-order valence-electron chi connectivity index (χ3n) is 7.89. The number of halogens is 2. The topological polar surface area (TPSA) is 159 Å². The van der Waals surface area contributed by atoms with Gasteiger partial charge in [0.25, 0.3) is 5.91 Å². The number of quaternary nitrogens is 1. The molecule has 0 aliphatic rings. The van der Waals surface area contributed by atoms with E-state index >= 15 is 0 Å². The van der Waals surface area contributed by atoms with Crippen molar-refractivity contribution in [3.8, 4) is 22.5 Å². The maximum Gasteiger partial charge on any atom is 0.345 e. The minimum atomic E-state index is -3.82. The van der Waals surface area contributed by atoms with Gasteiger partial charge in [0.2, 0.25) is 10.0 Å². The molecule has 14 heteroatoms. The van der Waals surface area contributed by atoms with E-state index in [1.807, 2.05) is 0 Å². The smallest absolute Gasteiger partial charge is 0.345 e. The number of ether oxygens (including phenoxy) is 1. The van der Waals surface area contributed by atoms with Crippen molar-refractivity contribution in [2.24, 2.45) is 5.11 Å². The Morgan fingerprint density at radius 3 is 2.21 bits per heavy atom. The number of nitrogens with zero attached hydrogens (tertiary/aromatic N) is 2. The summed E-state index contributed by atoms with van der Waals surface area (Å²) in [6.07, 6.45) is 1.03. The number of hydrogen-bond acceptors (Lipinski definition) is 8. The second-order valence-corrected chi connectivity index (χ2v) is 13.0. The molecule has 2 amide bonds. The Balaban J connectivity index is 1.70. The van der Waals surface area contributed by atoms with Gasteiger partial charge >= 0.3 is 5.91 Å². The van der Waals surface area contributed by atoms with E-state index in [1.165, 1.54) is 81.1 Å². The molecule has 0 bridgehead atoms. The predicted molar refractivity (Wildman–Crippen MR) is 176 cm³/mol. The summed E-state index contributed by atoms with van der Waals surface area (Å²) < 4.78 is 65.4. The van der Waals surface area contributed by atoms with E-state index < -0.39 is 39.5 Å². The number of fused-ring (bicyclic) bond motifs is 1. The Hall–Kier alpha value is -5.31.